The van der Waals surface area contributed by atoms with Gasteiger partial charge in [0.05, 0.1) is 25.3 Å². The third kappa shape index (κ3) is 4.17. The highest BCUT2D eigenvalue weighted by Crippen LogP contribution is 2.29. The number of ether oxygens (including phenoxy) is 1. The predicted octanol–water partition coefficient (Wildman–Crippen LogP) is 1.70. The second kappa shape index (κ2) is 8.36. The quantitative estimate of drug-likeness (QED) is 0.776. The van der Waals surface area contributed by atoms with Crippen LogP contribution in [0.1, 0.15) is 6.92 Å². The Labute approximate surface area is 172 Å². The molecule has 2 aromatic rings. The van der Waals surface area contributed by atoms with Crippen LogP contribution in [0, 0.1) is 5.82 Å². The van der Waals surface area contributed by atoms with Crippen molar-refractivity contribution in [2.24, 2.45) is 5.10 Å². The lowest BCUT2D eigenvalue weighted by molar-refractivity contribution is -0.119. The van der Waals surface area contributed by atoms with Gasteiger partial charge in [0.15, 0.2) is 0 Å². The Hall–Kier alpha value is -3.69. The van der Waals surface area contributed by atoms with E-state index in [1.807, 2.05) is 11.0 Å². The van der Waals surface area contributed by atoms with Gasteiger partial charge in [-0.05, 0) is 30.3 Å². The van der Waals surface area contributed by atoms with Gasteiger partial charge in [-0.2, -0.15) is 5.10 Å². The van der Waals surface area contributed by atoms with Crippen LogP contribution in [-0.2, 0) is 9.53 Å². The number of carbonyl (C=O) groups excluding carboxylic acids is 2. The van der Waals surface area contributed by atoms with Gasteiger partial charge in [0.1, 0.15) is 24.1 Å². The number of aromatic nitrogens is 1. The zero-order chi connectivity index (χ0) is 21.1. The standard InChI is InChI=1S/C20H21FN6O3/c1-13(28)22-10-16-11-27(20(29)30-16)15-3-4-17(18(21)8-15)14-2-5-19(23-9-14)26-7-6-24-25-12-26/h2-5,8-9,12,16,24H,6-7,10-11H2,1H3,(H,22,28)/t16-/m0/s1. The van der Waals surface area contributed by atoms with Crippen LogP contribution in [-0.4, -0.2) is 55.6 Å². The van der Waals surface area contributed by atoms with E-state index in [0.717, 1.165) is 18.9 Å². The highest BCUT2D eigenvalue weighted by atomic mass is 19.1. The summed E-state index contributed by atoms with van der Waals surface area (Å²) in [7, 11) is 0. The second-order valence-electron chi connectivity index (χ2n) is 6.97. The number of halogens is 1. The van der Waals surface area contributed by atoms with E-state index < -0.39 is 18.0 Å². The van der Waals surface area contributed by atoms with E-state index in [1.165, 1.54) is 17.9 Å². The molecule has 0 bridgehead atoms. The highest BCUT2D eigenvalue weighted by molar-refractivity contribution is 5.90. The fraction of sp³-hybridized carbons (Fsp3) is 0.300. The van der Waals surface area contributed by atoms with Crippen molar-refractivity contribution in [1.29, 1.82) is 0 Å². The van der Waals surface area contributed by atoms with Crippen LogP contribution in [0.2, 0.25) is 0 Å². The summed E-state index contributed by atoms with van der Waals surface area (Å²) in [6.07, 6.45) is 2.22. The third-order valence-corrected chi connectivity index (χ3v) is 4.82. The van der Waals surface area contributed by atoms with Crippen LogP contribution < -0.4 is 20.5 Å². The molecule has 3 heterocycles. The Morgan fingerprint density at radius 3 is 2.90 bits per heavy atom. The number of pyridine rings is 1. The molecule has 156 valence electrons. The van der Waals surface area contributed by atoms with E-state index in [1.54, 1.807) is 30.7 Å². The predicted molar refractivity (Wildman–Crippen MR) is 110 cm³/mol. The number of carbonyl (C=O) groups is 2. The minimum Gasteiger partial charge on any atom is -0.442 e. The molecule has 0 unspecified atom stereocenters. The van der Waals surface area contributed by atoms with E-state index >= 15 is 0 Å². The first-order valence-electron chi connectivity index (χ1n) is 9.52. The zero-order valence-corrected chi connectivity index (χ0v) is 16.3. The van der Waals surface area contributed by atoms with Gasteiger partial charge in [0, 0.05) is 30.8 Å². The summed E-state index contributed by atoms with van der Waals surface area (Å²) in [5.41, 5.74) is 4.28. The fourth-order valence-electron chi connectivity index (χ4n) is 3.29. The molecule has 0 radical (unpaired) electrons. The largest absolute Gasteiger partial charge is 0.442 e. The maximum Gasteiger partial charge on any atom is 0.414 e. The molecule has 9 nitrogen and oxygen atoms in total. The fourth-order valence-corrected chi connectivity index (χ4v) is 3.29. The van der Waals surface area contributed by atoms with Crippen molar-refractivity contribution < 1.29 is 18.7 Å². The smallest absolute Gasteiger partial charge is 0.414 e. The minimum atomic E-state index is -0.568. The van der Waals surface area contributed by atoms with Crippen LogP contribution in [0.25, 0.3) is 11.1 Å². The summed E-state index contributed by atoms with van der Waals surface area (Å²) in [4.78, 5) is 30.8. The summed E-state index contributed by atoms with van der Waals surface area (Å²) in [5, 5.41) is 6.61. The summed E-state index contributed by atoms with van der Waals surface area (Å²) in [6.45, 7) is 3.31. The molecule has 1 fully saturated rings. The molecule has 2 aliphatic rings. The number of hydrazone groups is 1. The Kier molecular flexibility index (Phi) is 5.46. The van der Waals surface area contributed by atoms with Crippen molar-refractivity contribution >= 4 is 29.8 Å². The normalized spacial score (nSPS) is 18.2. The average Bonchev–Trinajstić information content (AvgIpc) is 3.13. The zero-order valence-electron chi connectivity index (χ0n) is 16.3. The average molecular weight is 412 g/mol. The summed E-state index contributed by atoms with van der Waals surface area (Å²) >= 11 is 0. The lowest BCUT2D eigenvalue weighted by Gasteiger charge is -2.21. The van der Waals surface area contributed by atoms with Crippen LogP contribution in [0.5, 0.6) is 0 Å². The minimum absolute atomic E-state index is 0.205. The SMILES string of the molecule is CC(=O)NC[C@H]1CN(c2ccc(-c3ccc(N4C=NNCC4)nc3)c(F)c2)C(=O)O1. The van der Waals surface area contributed by atoms with Crippen molar-refractivity contribution in [3.05, 3.63) is 42.3 Å². The molecular weight excluding hydrogens is 391 g/mol. The summed E-state index contributed by atoms with van der Waals surface area (Å²) in [5.74, 6) is 0.0544. The van der Waals surface area contributed by atoms with Gasteiger partial charge >= 0.3 is 6.09 Å². The van der Waals surface area contributed by atoms with E-state index in [4.69, 9.17) is 4.74 Å². The first-order chi connectivity index (χ1) is 14.5. The first kappa shape index (κ1) is 19.6. The Morgan fingerprint density at radius 2 is 2.23 bits per heavy atom. The van der Waals surface area contributed by atoms with Gasteiger partial charge in [-0.3, -0.25) is 9.69 Å². The maximum absolute atomic E-state index is 14.8. The number of nitrogens with zero attached hydrogens (tertiary/aromatic N) is 4. The Morgan fingerprint density at radius 1 is 1.37 bits per heavy atom. The van der Waals surface area contributed by atoms with Crippen molar-refractivity contribution in [3.63, 3.8) is 0 Å². The molecule has 10 heteroatoms. The van der Waals surface area contributed by atoms with Crippen molar-refractivity contribution in [3.8, 4) is 11.1 Å². The van der Waals surface area contributed by atoms with Crippen LogP contribution >= 0.6 is 0 Å². The van der Waals surface area contributed by atoms with Crippen molar-refractivity contribution in [1.82, 2.24) is 15.7 Å². The molecular formula is C20H21FN6O3. The third-order valence-electron chi connectivity index (χ3n) is 4.82. The number of rotatable bonds is 5. The molecule has 1 aromatic heterocycles. The second-order valence-corrected chi connectivity index (χ2v) is 6.97. The molecule has 1 saturated heterocycles. The van der Waals surface area contributed by atoms with Crippen LogP contribution in [0.3, 0.4) is 0 Å². The summed E-state index contributed by atoms with van der Waals surface area (Å²) < 4.78 is 20.0. The number of hydrogen-bond acceptors (Lipinski definition) is 7. The number of hydrogen-bond donors (Lipinski definition) is 2. The van der Waals surface area contributed by atoms with Gasteiger partial charge in [-0.25, -0.2) is 14.2 Å². The molecule has 2 N–H and O–H groups in total. The van der Waals surface area contributed by atoms with Gasteiger partial charge in [-0.1, -0.05) is 0 Å². The first-order valence-corrected chi connectivity index (χ1v) is 9.52. The van der Waals surface area contributed by atoms with Gasteiger partial charge < -0.3 is 20.4 Å². The van der Waals surface area contributed by atoms with Crippen molar-refractivity contribution in [2.75, 3.05) is 36.0 Å². The molecule has 0 saturated carbocycles. The maximum atomic E-state index is 14.8. The Balaban J connectivity index is 1.48. The lowest BCUT2D eigenvalue weighted by atomic mass is 10.1. The molecule has 1 aromatic carbocycles. The molecule has 30 heavy (non-hydrogen) atoms. The van der Waals surface area contributed by atoms with Crippen LogP contribution in [0.15, 0.2) is 41.6 Å². The Bertz CT molecular complexity index is 981. The molecule has 0 spiro atoms. The van der Waals surface area contributed by atoms with Crippen LogP contribution in [0.4, 0.5) is 20.7 Å². The van der Waals surface area contributed by atoms with E-state index in [2.05, 4.69) is 20.8 Å². The van der Waals surface area contributed by atoms with E-state index in [-0.39, 0.29) is 19.0 Å². The monoisotopic (exact) mass is 412 g/mol. The summed E-state index contributed by atoms with van der Waals surface area (Å²) in [6, 6.07) is 8.18. The van der Waals surface area contributed by atoms with E-state index in [0.29, 0.717) is 16.8 Å². The number of benzene rings is 1. The van der Waals surface area contributed by atoms with Gasteiger partial charge in [0.2, 0.25) is 5.91 Å². The number of cyclic esters (lactones) is 1. The van der Waals surface area contributed by atoms with Gasteiger partial charge in [-0.15, -0.1) is 0 Å². The molecule has 4 rings (SSSR count). The van der Waals surface area contributed by atoms with E-state index in [9.17, 15) is 14.0 Å². The van der Waals surface area contributed by atoms with Gasteiger partial charge in [0.25, 0.3) is 0 Å². The lowest BCUT2D eigenvalue weighted by Crippen LogP contribution is -2.35. The number of amides is 2. The molecule has 2 amide bonds. The molecule has 2 aliphatic heterocycles. The number of anilines is 2. The molecule has 0 aliphatic carbocycles. The van der Waals surface area contributed by atoms with Crippen molar-refractivity contribution in [2.45, 2.75) is 13.0 Å². The number of nitrogens with one attached hydrogen (secondary N) is 2. The topological polar surface area (TPSA) is 99.2 Å². The molecule has 1 atom stereocenters. The highest BCUT2D eigenvalue weighted by Gasteiger charge is 2.32.